The smallest absolute Gasteiger partial charge is 0.261 e. The van der Waals surface area contributed by atoms with E-state index >= 15 is 0 Å². The average molecular weight is 368 g/mol. The molecule has 2 rings (SSSR count). The van der Waals surface area contributed by atoms with Crippen LogP contribution in [-0.4, -0.2) is 16.8 Å². The molecule has 0 heterocycles. The molecule has 0 saturated carbocycles. The summed E-state index contributed by atoms with van der Waals surface area (Å²) in [6, 6.07) is 9.18. The lowest BCUT2D eigenvalue weighted by Gasteiger charge is -2.14. The van der Waals surface area contributed by atoms with Crippen LogP contribution in [0.5, 0.6) is 0 Å². The zero-order valence-electron chi connectivity index (χ0n) is 13.7. The third kappa shape index (κ3) is 3.95. The van der Waals surface area contributed by atoms with Crippen LogP contribution in [0.2, 0.25) is 0 Å². The van der Waals surface area contributed by atoms with Gasteiger partial charge in [-0.05, 0) is 61.2 Å². The molecule has 0 atom stereocenters. The highest BCUT2D eigenvalue weighted by Crippen LogP contribution is 2.26. The van der Waals surface area contributed by atoms with Crippen molar-refractivity contribution < 1.29 is 16.8 Å². The number of aryl methyl sites for hydroxylation is 2. The van der Waals surface area contributed by atoms with Gasteiger partial charge in [0.2, 0.25) is 10.0 Å². The van der Waals surface area contributed by atoms with E-state index in [9.17, 15) is 16.8 Å². The van der Waals surface area contributed by atoms with Crippen LogP contribution < -0.4 is 9.86 Å². The van der Waals surface area contributed by atoms with Gasteiger partial charge in [0.25, 0.3) is 10.0 Å². The van der Waals surface area contributed by atoms with Crippen LogP contribution in [0.3, 0.4) is 0 Å². The molecule has 0 bridgehead atoms. The summed E-state index contributed by atoms with van der Waals surface area (Å²) in [5, 5.41) is 5.15. The number of benzene rings is 2. The van der Waals surface area contributed by atoms with Crippen LogP contribution in [0.15, 0.2) is 46.2 Å². The predicted molar refractivity (Wildman–Crippen MR) is 93.9 cm³/mol. The molecular formula is C16H20N2O4S2. The van der Waals surface area contributed by atoms with Crippen LogP contribution in [-0.2, 0) is 26.5 Å². The number of primary sulfonamides is 1. The summed E-state index contributed by atoms with van der Waals surface area (Å²) >= 11 is 0. The molecule has 0 spiro atoms. The van der Waals surface area contributed by atoms with Gasteiger partial charge < -0.3 is 0 Å². The molecule has 2 aromatic carbocycles. The van der Waals surface area contributed by atoms with E-state index in [0.717, 1.165) is 12.0 Å². The highest BCUT2D eigenvalue weighted by molar-refractivity contribution is 7.92. The normalized spacial score (nSPS) is 12.2. The summed E-state index contributed by atoms with van der Waals surface area (Å²) in [5.41, 5.74) is 2.48. The summed E-state index contributed by atoms with van der Waals surface area (Å²) in [4.78, 5) is -0.0256. The van der Waals surface area contributed by atoms with Crippen LogP contribution >= 0.6 is 0 Å². The Morgan fingerprint density at radius 3 is 2.04 bits per heavy atom. The molecule has 0 aliphatic carbocycles. The number of hydrogen-bond donors (Lipinski definition) is 2. The number of anilines is 1. The second kappa shape index (κ2) is 6.54. The average Bonchev–Trinajstić information content (AvgIpc) is 2.50. The van der Waals surface area contributed by atoms with Gasteiger partial charge in [0.05, 0.1) is 15.5 Å². The lowest BCUT2D eigenvalue weighted by molar-refractivity contribution is 0.596. The van der Waals surface area contributed by atoms with Crippen molar-refractivity contribution in [2.75, 3.05) is 4.72 Å². The summed E-state index contributed by atoms with van der Waals surface area (Å²) in [7, 11) is -7.75. The van der Waals surface area contributed by atoms with E-state index < -0.39 is 20.0 Å². The minimum absolute atomic E-state index is 0.109. The molecule has 6 nitrogen and oxygen atoms in total. The largest absolute Gasteiger partial charge is 0.279 e. The van der Waals surface area contributed by atoms with Crippen LogP contribution in [0.1, 0.15) is 23.6 Å². The Morgan fingerprint density at radius 1 is 0.958 bits per heavy atom. The SMILES string of the molecule is CCc1ccc(S(=O)(=O)Nc2cc(S(N)(=O)=O)cc(C)c2C)cc1. The molecule has 24 heavy (non-hydrogen) atoms. The van der Waals surface area contributed by atoms with E-state index in [1.807, 2.05) is 6.92 Å². The number of nitrogens with one attached hydrogen (secondary N) is 1. The lowest BCUT2D eigenvalue weighted by atomic mass is 10.1. The zero-order chi connectivity index (χ0) is 18.1. The van der Waals surface area contributed by atoms with Crippen LogP contribution in [0, 0.1) is 13.8 Å². The van der Waals surface area contributed by atoms with Gasteiger partial charge in [-0.3, -0.25) is 4.72 Å². The monoisotopic (exact) mass is 368 g/mol. The van der Waals surface area contributed by atoms with Gasteiger partial charge in [0, 0.05) is 0 Å². The minimum atomic E-state index is -3.93. The Kier molecular flexibility index (Phi) is 5.03. The number of nitrogens with two attached hydrogens (primary N) is 1. The molecule has 0 amide bonds. The fourth-order valence-electron chi connectivity index (χ4n) is 2.20. The van der Waals surface area contributed by atoms with E-state index in [1.165, 1.54) is 24.3 Å². The Labute approximate surface area is 142 Å². The Balaban J connectivity index is 2.47. The first-order valence-electron chi connectivity index (χ1n) is 7.30. The molecule has 130 valence electrons. The first kappa shape index (κ1) is 18.4. The fourth-order valence-corrected chi connectivity index (χ4v) is 3.94. The van der Waals surface area contributed by atoms with Gasteiger partial charge in [-0.15, -0.1) is 0 Å². The molecule has 0 aliphatic heterocycles. The van der Waals surface area contributed by atoms with Gasteiger partial charge >= 0.3 is 0 Å². The van der Waals surface area contributed by atoms with Crippen molar-refractivity contribution in [2.24, 2.45) is 5.14 Å². The summed E-state index contributed by atoms with van der Waals surface area (Å²) in [6.45, 7) is 5.38. The van der Waals surface area contributed by atoms with Crippen molar-refractivity contribution >= 4 is 25.7 Å². The number of sulfonamides is 2. The Bertz CT molecular complexity index is 964. The zero-order valence-corrected chi connectivity index (χ0v) is 15.3. The first-order valence-corrected chi connectivity index (χ1v) is 10.3. The van der Waals surface area contributed by atoms with E-state index in [4.69, 9.17) is 5.14 Å². The van der Waals surface area contributed by atoms with Gasteiger partial charge in [-0.2, -0.15) is 0 Å². The molecular weight excluding hydrogens is 348 g/mol. The Hall–Kier alpha value is -1.90. The minimum Gasteiger partial charge on any atom is -0.279 e. The fraction of sp³-hybridized carbons (Fsp3) is 0.250. The van der Waals surface area contributed by atoms with Crippen LogP contribution in [0.4, 0.5) is 5.69 Å². The molecule has 2 aromatic rings. The van der Waals surface area contributed by atoms with Gasteiger partial charge in [0.1, 0.15) is 0 Å². The van der Waals surface area contributed by atoms with Gasteiger partial charge in [0.15, 0.2) is 0 Å². The molecule has 0 radical (unpaired) electrons. The van der Waals surface area contributed by atoms with Gasteiger partial charge in [-0.25, -0.2) is 22.0 Å². The summed E-state index contributed by atoms with van der Waals surface area (Å²) in [6.07, 6.45) is 0.808. The third-order valence-electron chi connectivity index (χ3n) is 3.86. The second-order valence-corrected chi connectivity index (χ2v) is 8.80. The van der Waals surface area contributed by atoms with E-state index in [1.54, 1.807) is 26.0 Å². The Morgan fingerprint density at radius 2 is 1.54 bits per heavy atom. The van der Waals surface area contributed by atoms with E-state index in [-0.39, 0.29) is 15.5 Å². The van der Waals surface area contributed by atoms with Crippen molar-refractivity contribution in [3.8, 4) is 0 Å². The molecule has 0 unspecified atom stereocenters. The highest BCUT2D eigenvalue weighted by atomic mass is 32.2. The quantitative estimate of drug-likeness (QED) is 0.844. The summed E-state index contributed by atoms with van der Waals surface area (Å²) in [5.74, 6) is 0. The molecule has 0 aliphatic rings. The molecule has 8 heteroatoms. The van der Waals surface area contributed by atoms with E-state index in [2.05, 4.69) is 4.72 Å². The van der Waals surface area contributed by atoms with Crippen molar-refractivity contribution in [1.82, 2.24) is 0 Å². The highest BCUT2D eigenvalue weighted by Gasteiger charge is 2.18. The maximum Gasteiger partial charge on any atom is 0.261 e. The first-order chi connectivity index (χ1) is 11.0. The number of rotatable bonds is 5. The lowest BCUT2D eigenvalue weighted by Crippen LogP contribution is -2.17. The molecule has 3 N–H and O–H groups in total. The molecule has 0 fully saturated rings. The maximum atomic E-state index is 12.5. The van der Waals surface area contributed by atoms with Crippen molar-refractivity contribution in [3.05, 3.63) is 53.1 Å². The second-order valence-electron chi connectivity index (χ2n) is 5.56. The molecule has 0 saturated heterocycles. The van der Waals surface area contributed by atoms with Gasteiger partial charge in [-0.1, -0.05) is 19.1 Å². The summed E-state index contributed by atoms with van der Waals surface area (Å²) < 4.78 is 50.6. The molecule has 0 aromatic heterocycles. The van der Waals surface area contributed by atoms with Crippen LogP contribution in [0.25, 0.3) is 0 Å². The van der Waals surface area contributed by atoms with Crippen molar-refractivity contribution in [2.45, 2.75) is 37.0 Å². The number of hydrogen-bond acceptors (Lipinski definition) is 4. The third-order valence-corrected chi connectivity index (χ3v) is 6.13. The standard InChI is InChI=1S/C16H20N2O4S2/c1-4-13-5-7-14(8-6-13)24(21,22)18-16-10-15(23(17,19)20)9-11(2)12(16)3/h5-10,18H,4H2,1-3H3,(H2,17,19,20). The topological polar surface area (TPSA) is 106 Å². The maximum absolute atomic E-state index is 12.5. The van der Waals surface area contributed by atoms with Crippen molar-refractivity contribution in [1.29, 1.82) is 0 Å². The van der Waals surface area contributed by atoms with Crippen molar-refractivity contribution in [3.63, 3.8) is 0 Å². The van der Waals surface area contributed by atoms with E-state index in [0.29, 0.717) is 11.1 Å². The predicted octanol–water partition coefficient (Wildman–Crippen LogP) is 2.31.